The fourth-order valence-electron chi connectivity index (χ4n) is 7.97. The van der Waals surface area contributed by atoms with Gasteiger partial charge in [-0.2, -0.15) is 18.2 Å². The highest BCUT2D eigenvalue weighted by Crippen LogP contribution is 2.58. The Morgan fingerprint density at radius 2 is 1.74 bits per heavy atom. The standard InChI is InChI=1S/C35H43F4N3O5/c1-4-46-28(44)23-10-8-22(9-11-23)24-6-5-7-26(18-24)42(27(43)25-19-34(45,20-25)35(37,38)39)21-32-12-15-33(16-13-32,17-14-32)29-40-30(47-41-29)31(2,3)36/h5-8,18,23,25,45H,4,9-17,19-21H2,1-3H3. The highest BCUT2D eigenvalue weighted by atomic mass is 19.4. The summed E-state index contributed by atoms with van der Waals surface area (Å²) < 4.78 is 65.5. The summed E-state index contributed by atoms with van der Waals surface area (Å²) >= 11 is 0. The molecule has 1 aromatic heterocycles. The molecule has 1 atom stereocenters. The molecule has 0 saturated heterocycles. The molecule has 1 heterocycles. The number of benzene rings is 1. The number of carbonyl (C=O) groups is 2. The van der Waals surface area contributed by atoms with Crippen LogP contribution in [0.25, 0.3) is 5.57 Å². The maximum Gasteiger partial charge on any atom is 0.417 e. The van der Waals surface area contributed by atoms with Gasteiger partial charge < -0.3 is 19.3 Å². The summed E-state index contributed by atoms with van der Waals surface area (Å²) in [5, 5.41) is 14.3. The molecule has 1 amide bonds. The Balaban J connectivity index is 1.23. The van der Waals surface area contributed by atoms with Gasteiger partial charge >= 0.3 is 12.1 Å². The summed E-state index contributed by atoms with van der Waals surface area (Å²) in [4.78, 5) is 32.4. The minimum atomic E-state index is -4.80. The Hall–Kier alpha value is -3.28. The van der Waals surface area contributed by atoms with Crippen molar-refractivity contribution in [1.29, 1.82) is 0 Å². The summed E-state index contributed by atoms with van der Waals surface area (Å²) in [5.74, 6) is -1.31. The second-order valence-electron chi connectivity index (χ2n) is 14.7. The first-order valence-corrected chi connectivity index (χ1v) is 16.7. The van der Waals surface area contributed by atoms with Crippen LogP contribution < -0.4 is 4.90 Å². The molecule has 7 rings (SSSR count). The van der Waals surface area contributed by atoms with Crippen molar-refractivity contribution in [3.05, 3.63) is 47.6 Å². The van der Waals surface area contributed by atoms with E-state index in [9.17, 15) is 32.3 Å². The van der Waals surface area contributed by atoms with Crippen molar-refractivity contribution in [2.45, 2.75) is 114 Å². The molecule has 4 saturated carbocycles. The van der Waals surface area contributed by atoms with Crippen LogP contribution in [0.5, 0.6) is 0 Å². The van der Waals surface area contributed by atoms with Gasteiger partial charge in [0.1, 0.15) is 0 Å². The third-order valence-electron chi connectivity index (χ3n) is 11.2. The quantitative estimate of drug-likeness (QED) is 0.221. The highest BCUT2D eigenvalue weighted by Gasteiger charge is 2.63. The summed E-state index contributed by atoms with van der Waals surface area (Å²) in [6, 6.07) is 7.52. The molecule has 0 aliphatic heterocycles. The molecule has 8 nitrogen and oxygen atoms in total. The lowest BCUT2D eigenvalue weighted by atomic mass is 9.53. The van der Waals surface area contributed by atoms with Crippen LogP contribution in [-0.4, -0.2) is 52.1 Å². The lowest BCUT2D eigenvalue weighted by Gasteiger charge is -2.54. The number of fused-ring (bicyclic) bond motifs is 3. The van der Waals surface area contributed by atoms with E-state index < -0.39 is 42.1 Å². The number of alkyl halides is 4. The topological polar surface area (TPSA) is 106 Å². The second-order valence-corrected chi connectivity index (χ2v) is 14.7. The fourth-order valence-corrected chi connectivity index (χ4v) is 7.97. The maximum absolute atomic E-state index is 14.5. The molecule has 1 aromatic carbocycles. The second kappa shape index (κ2) is 12.0. The summed E-state index contributed by atoms with van der Waals surface area (Å²) in [6.07, 6.45) is 2.19. The van der Waals surface area contributed by atoms with Crippen molar-refractivity contribution in [3.63, 3.8) is 0 Å². The van der Waals surface area contributed by atoms with Crippen LogP contribution in [0, 0.1) is 17.3 Å². The number of amides is 1. The van der Waals surface area contributed by atoms with E-state index in [1.165, 1.54) is 13.8 Å². The van der Waals surface area contributed by atoms with Crippen LogP contribution in [0.2, 0.25) is 0 Å². The number of nitrogens with zero attached hydrogens (tertiary/aromatic N) is 3. The Labute approximate surface area is 271 Å². The van der Waals surface area contributed by atoms with E-state index >= 15 is 0 Å². The van der Waals surface area contributed by atoms with E-state index in [1.807, 2.05) is 30.3 Å². The van der Waals surface area contributed by atoms with Crippen molar-refractivity contribution >= 4 is 23.1 Å². The lowest BCUT2D eigenvalue weighted by Crippen LogP contribution is -2.60. The maximum atomic E-state index is 14.5. The number of halogens is 4. The largest absolute Gasteiger partial charge is 0.466 e. The van der Waals surface area contributed by atoms with Crippen LogP contribution >= 0.6 is 0 Å². The van der Waals surface area contributed by atoms with Crippen molar-refractivity contribution in [1.82, 2.24) is 10.1 Å². The fraction of sp³-hybridized carbons (Fsp3) is 0.657. The van der Waals surface area contributed by atoms with Crippen molar-refractivity contribution < 1.29 is 41.5 Å². The molecule has 0 radical (unpaired) electrons. The molecule has 47 heavy (non-hydrogen) atoms. The number of aromatic nitrogens is 2. The van der Waals surface area contributed by atoms with Crippen molar-refractivity contribution in [2.75, 3.05) is 18.1 Å². The zero-order valence-electron chi connectivity index (χ0n) is 27.2. The van der Waals surface area contributed by atoms with Crippen molar-refractivity contribution in [2.24, 2.45) is 17.3 Å². The van der Waals surface area contributed by atoms with E-state index in [2.05, 4.69) is 10.1 Å². The molecule has 5 aliphatic rings. The SMILES string of the molecule is CCOC(=O)C1CC=C(c2cccc(N(CC34CCC(c5noc(C(C)(C)F)n5)(CC3)CC4)C(=O)C3CC(O)(C(F)(F)F)C3)c2)CC1. The van der Waals surface area contributed by atoms with Gasteiger partial charge in [-0.15, -0.1) is 0 Å². The van der Waals surface area contributed by atoms with Gasteiger partial charge in [0.15, 0.2) is 17.1 Å². The van der Waals surface area contributed by atoms with Crippen LogP contribution in [0.3, 0.4) is 0 Å². The van der Waals surface area contributed by atoms with E-state index in [-0.39, 0.29) is 28.6 Å². The summed E-state index contributed by atoms with van der Waals surface area (Å²) in [5.41, 5.74) is -2.65. The van der Waals surface area contributed by atoms with Gasteiger partial charge in [0.05, 0.1) is 12.5 Å². The van der Waals surface area contributed by atoms with E-state index in [4.69, 9.17) is 9.26 Å². The smallest absolute Gasteiger partial charge is 0.417 e. The average Bonchev–Trinajstić information content (AvgIpc) is 3.55. The molecule has 12 heteroatoms. The molecule has 1 unspecified atom stereocenters. The number of aliphatic hydroxyl groups is 1. The minimum absolute atomic E-state index is 0.0512. The lowest BCUT2D eigenvalue weighted by molar-refractivity contribution is -0.295. The molecule has 256 valence electrons. The van der Waals surface area contributed by atoms with Crippen LogP contribution in [-0.2, 0) is 25.4 Å². The molecule has 0 spiro atoms. The average molecular weight is 662 g/mol. The zero-order valence-corrected chi connectivity index (χ0v) is 27.2. The molecule has 2 aromatic rings. The number of hydrogen-bond acceptors (Lipinski definition) is 7. The van der Waals surface area contributed by atoms with E-state index in [0.717, 1.165) is 49.7 Å². The Kier molecular flexibility index (Phi) is 8.58. The number of carbonyl (C=O) groups excluding carboxylic acids is 2. The first-order chi connectivity index (χ1) is 22.1. The Bertz CT molecular complexity index is 1510. The molecule has 2 bridgehead atoms. The summed E-state index contributed by atoms with van der Waals surface area (Å²) in [7, 11) is 0. The van der Waals surface area contributed by atoms with Crippen LogP contribution in [0.1, 0.15) is 109 Å². The highest BCUT2D eigenvalue weighted by molar-refractivity contribution is 5.96. The Morgan fingerprint density at radius 3 is 2.30 bits per heavy atom. The normalized spacial score (nSPS) is 30.8. The number of ether oxygens (including phenoxy) is 1. The number of allylic oxidation sites excluding steroid dienone is 2. The number of anilines is 1. The summed E-state index contributed by atoms with van der Waals surface area (Å²) in [6.45, 7) is 5.20. The van der Waals surface area contributed by atoms with Gasteiger partial charge in [0.25, 0.3) is 5.89 Å². The molecule has 1 N–H and O–H groups in total. The molecule has 5 aliphatic carbocycles. The predicted molar refractivity (Wildman–Crippen MR) is 165 cm³/mol. The first-order valence-electron chi connectivity index (χ1n) is 16.7. The first kappa shape index (κ1) is 33.6. The predicted octanol–water partition coefficient (Wildman–Crippen LogP) is 7.35. The van der Waals surface area contributed by atoms with Gasteiger partial charge in [-0.1, -0.05) is 23.4 Å². The Morgan fingerprint density at radius 1 is 1.06 bits per heavy atom. The van der Waals surface area contributed by atoms with Crippen LogP contribution in [0.15, 0.2) is 34.9 Å². The molecular weight excluding hydrogens is 618 g/mol. The van der Waals surface area contributed by atoms with Gasteiger partial charge in [0, 0.05) is 23.6 Å². The van der Waals surface area contributed by atoms with Gasteiger partial charge in [0.2, 0.25) is 5.91 Å². The zero-order chi connectivity index (χ0) is 33.8. The third-order valence-corrected chi connectivity index (χ3v) is 11.2. The van der Waals surface area contributed by atoms with E-state index in [1.54, 1.807) is 11.8 Å². The minimum Gasteiger partial charge on any atom is -0.466 e. The van der Waals surface area contributed by atoms with Gasteiger partial charge in [-0.05, 0) is 120 Å². The van der Waals surface area contributed by atoms with Crippen LogP contribution in [0.4, 0.5) is 23.2 Å². The molecule has 4 fully saturated rings. The van der Waals surface area contributed by atoms with Gasteiger partial charge in [-0.3, -0.25) is 9.59 Å². The number of esters is 1. The monoisotopic (exact) mass is 661 g/mol. The van der Waals surface area contributed by atoms with E-state index in [0.29, 0.717) is 43.9 Å². The molecular formula is C35H43F4N3O5. The van der Waals surface area contributed by atoms with Crippen molar-refractivity contribution in [3.8, 4) is 0 Å². The van der Waals surface area contributed by atoms with Gasteiger partial charge in [-0.25, -0.2) is 4.39 Å². The number of rotatable bonds is 9. The number of hydrogen-bond donors (Lipinski definition) is 1. The third kappa shape index (κ3) is 6.34.